The topological polar surface area (TPSA) is 69.5 Å². The number of aryl methyl sites for hydroxylation is 2. The molecule has 4 nitrogen and oxygen atoms in total. The molecule has 1 aromatic carbocycles. The number of nitrogens with one attached hydrogen (secondary N) is 1. The average molecular weight is 357 g/mol. The highest BCUT2D eigenvalue weighted by atomic mass is 16.1. The van der Waals surface area contributed by atoms with Crippen molar-refractivity contribution in [3.63, 3.8) is 0 Å². The van der Waals surface area contributed by atoms with Crippen molar-refractivity contribution < 1.29 is 0 Å². The lowest BCUT2D eigenvalue weighted by Crippen LogP contribution is -2.18. The van der Waals surface area contributed by atoms with E-state index in [2.05, 4.69) is 44.0 Å². The molecule has 0 aliphatic carbocycles. The van der Waals surface area contributed by atoms with Gasteiger partial charge in [0.2, 0.25) is 0 Å². The van der Waals surface area contributed by atoms with Gasteiger partial charge in [0.05, 0.1) is 16.8 Å². The Hall–Kier alpha value is -3.19. The van der Waals surface area contributed by atoms with Crippen LogP contribution in [-0.4, -0.2) is 9.97 Å². The van der Waals surface area contributed by atoms with Crippen molar-refractivity contribution in [3.8, 4) is 17.3 Å². The molecule has 0 spiro atoms. The van der Waals surface area contributed by atoms with E-state index in [0.717, 1.165) is 24.1 Å². The van der Waals surface area contributed by atoms with Crippen LogP contribution in [0.2, 0.25) is 0 Å². The minimum atomic E-state index is -0.235. The van der Waals surface area contributed by atoms with Gasteiger partial charge in [0, 0.05) is 17.3 Å². The Morgan fingerprint density at radius 2 is 1.81 bits per heavy atom. The lowest BCUT2D eigenvalue weighted by molar-refractivity contribution is 0.568. The van der Waals surface area contributed by atoms with E-state index in [-0.39, 0.29) is 11.0 Å². The van der Waals surface area contributed by atoms with Crippen molar-refractivity contribution in [2.45, 2.75) is 39.0 Å². The molecule has 0 aliphatic rings. The van der Waals surface area contributed by atoms with Gasteiger partial charge in [0.1, 0.15) is 6.07 Å². The Kier molecular flexibility index (Phi) is 5.23. The summed E-state index contributed by atoms with van der Waals surface area (Å²) in [5, 5.41) is 9.84. The maximum Gasteiger partial charge on any atom is 0.257 e. The highest BCUT2D eigenvalue weighted by Gasteiger charge is 2.22. The monoisotopic (exact) mass is 357 g/mol. The van der Waals surface area contributed by atoms with Crippen LogP contribution in [0.15, 0.2) is 59.5 Å². The molecule has 136 valence electrons. The van der Waals surface area contributed by atoms with Crippen molar-refractivity contribution in [1.29, 1.82) is 5.26 Å². The molecule has 3 aromatic rings. The number of nitrogens with zero attached hydrogens (tertiary/aromatic N) is 2. The van der Waals surface area contributed by atoms with E-state index in [0.29, 0.717) is 16.8 Å². The zero-order valence-corrected chi connectivity index (χ0v) is 15.9. The SMILES string of the molecule is CC(C)(C)c1cc(CCc2ccccc2)c(C#N)c(-c2ccc[nH]c2=O)n1. The van der Waals surface area contributed by atoms with Crippen molar-refractivity contribution in [3.05, 3.63) is 87.5 Å². The molecule has 0 saturated heterocycles. The lowest BCUT2D eigenvalue weighted by Gasteiger charge is -2.21. The second-order valence-electron chi connectivity index (χ2n) is 7.65. The van der Waals surface area contributed by atoms with Crippen LogP contribution in [-0.2, 0) is 18.3 Å². The Bertz CT molecular complexity index is 1040. The van der Waals surface area contributed by atoms with Crippen LogP contribution < -0.4 is 5.56 Å². The van der Waals surface area contributed by atoms with E-state index in [1.54, 1.807) is 18.3 Å². The number of aromatic nitrogens is 2. The predicted molar refractivity (Wildman–Crippen MR) is 108 cm³/mol. The fourth-order valence-electron chi connectivity index (χ4n) is 3.03. The Balaban J connectivity index is 2.14. The summed E-state index contributed by atoms with van der Waals surface area (Å²) in [5.74, 6) is 0. The molecule has 3 rings (SSSR count). The highest BCUT2D eigenvalue weighted by molar-refractivity contribution is 5.68. The summed E-state index contributed by atoms with van der Waals surface area (Å²) < 4.78 is 0. The second-order valence-corrected chi connectivity index (χ2v) is 7.65. The van der Waals surface area contributed by atoms with Crippen LogP contribution >= 0.6 is 0 Å². The summed E-state index contributed by atoms with van der Waals surface area (Å²) in [4.78, 5) is 19.7. The van der Waals surface area contributed by atoms with Gasteiger partial charge in [-0.05, 0) is 42.2 Å². The van der Waals surface area contributed by atoms with Crippen molar-refractivity contribution in [2.75, 3.05) is 0 Å². The van der Waals surface area contributed by atoms with Gasteiger partial charge in [-0.3, -0.25) is 9.78 Å². The molecule has 0 radical (unpaired) electrons. The summed E-state index contributed by atoms with van der Waals surface area (Å²) in [6, 6.07) is 18.0. The molecule has 1 N–H and O–H groups in total. The first-order chi connectivity index (χ1) is 12.9. The van der Waals surface area contributed by atoms with Crippen LogP contribution in [0.4, 0.5) is 0 Å². The van der Waals surface area contributed by atoms with E-state index >= 15 is 0 Å². The molecule has 2 heterocycles. The third-order valence-corrected chi connectivity index (χ3v) is 4.58. The van der Waals surface area contributed by atoms with Gasteiger partial charge in [-0.15, -0.1) is 0 Å². The molecule has 0 fully saturated rings. The Labute approximate surface area is 159 Å². The van der Waals surface area contributed by atoms with Crippen molar-refractivity contribution >= 4 is 0 Å². The molecular formula is C23H23N3O. The average Bonchev–Trinajstić information content (AvgIpc) is 2.66. The largest absolute Gasteiger partial charge is 0.329 e. The summed E-state index contributed by atoms with van der Waals surface area (Å²) in [5.41, 5.74) is 3.98. The van der Waals surface area contributed by atoms with Crippen LogP contribution in [0.5, 0.6) is 0 Å². The number of hydrogen-bond donors (Lipinski definition) is 1. The number of aromatic amines is 1. The molecule has 0 saturated carbocycles. The van der Waals surface area contributed by atoms with Crippen LogP contribution in [0.25, 0.3) is 11.3 Å². The zero-order valence-electron chi connectivity index (χ0n) is 15.9. The molecule has 0 aliphatic heterocycles. The lowest BCUT2D eigenvalue weighted by atomic mass is 9.87. The second kappa shape index (κ2) is 7.59. The van der Waals surface area contributed by atoms with Gasteiger partial charge < -0.3 is 4.98 Å². The van der Waals surface area contributed by atoms with Crippen LogP contribution in [0.1, 0.15) is 43.2 Å². The van der Waals surface area contributed by atoms with Crippen LogP contribution in [0, 0.1) is 11.3 Å². The van der Waals surface area contributed by atoms with Crippen molar-refractivity contribution in [1.82, 2.24) is 9.97 Å². The number of nitriles is 1. The molecule has 0 bridgehead atoms. The first-order valence-electron chi connectivity index (χ1n) is 9.06. The van der Waals surface area contributed by atoms with E-state index in [9.17, 15) is 10.1 Å². The predicted octanol–water partition coefficient (Wildman–Crippen LogP) is 4.39. The number of hydrogen-bond acceptors (Lipinski definition) is 3. The molecular weight excluding hydrogens is 334 g/mol. The maximum absolute atomic E-state index is 12.3. The number of pyridine rings is 2. The summed E-state index contributed by atoms with van der Waals surface area (Å²) >= 11 is 0. The number of H-pyrrole nitrogens is 1. The van der Waals surface area contributed by atoms with Gasteiger partial charge in [0.25, 0.3) is 5.56 Å². The quantitative estimate of drug-likeness (QED) is 0.753. The number of benzene rings is 1. The number of rotatable bonds is 4. The molecule has 2 aromatic heterocycles. The maximum atomic E-state index is 12.3. The summed E-state index contributed by atoms with van der Waals surface area (Å²) in [6.07, 6.45) is 3.13. The minimum Gasteiger partial charge on any atom is -0.329 e. The fraction of sp³-hybridized carbons (Fsp3) is 0.261. The molecule has 0 unspecified atom stereocenters. The van der Waals surface area contributed by atoms with Gasteiger partial charge >= 0.3 is 0 Å². The van der Waals surface area contributed by atoms with Gasteiger partial charge in [-0.25, -0.2) is 0 Å². The Morgan fingerprint density at radius 1 is 1.07 bits per heavy atom. The van der Waals surface area contributed by atoms with Gasteiger partial charge in [0.15, 0.2) is 0 Å². The van der Waals surface area contributed by atoms with Gasteiger partial charge in [-0.1, -0.05) is 51.1 Å². The molecule has 0 atom stereocenters. The smallest absolute Gasteiger partial charge is 0.257 e. The highest BCUT2D eigenvalue weighted by Crippen LogP contribution is 2.29. The minimum absolute atomic E-state index is 0.189. The van der Waals surface area contributed by atoms with Crippen LogP contribution in [0.3, 0.4) is 0 Å². The third-order valence-electron chi connectivity index (χ3n) is 4.58. The van der Waals surface area contributed by atoms with E-state index in [1.165, 1.54) is 5.56 Å². The zero-order chi connectivity index (χ0) is 19.4. The van der Waals surface area contributed by atoms with E-state index < -0.39 is 0 Å². The standard InChI is InChI=1S/C23H23N3O/c1-23(2,3)20-14-17(12-11-16-8-5-4-6-9-16)19(15-24)21(26-20)18-10-7-13-25-22(18)27/h4-10,13-14H,11-12H2,1-3H3,(H,25,27). The van der Waals surface area contributed by atoms with E-state index in [1.807, 2.05) is 24.3 Å². The molecule has 4 heteroatoms. The third kappa shape index (κ3) is 4.15. The van der Waals surface area contributed by atoms with Gasteiger partial charge in [-0.2, -0.15) is 5.26 Å². The fourth-order valence-corrected chi connectivity index (χ4v) is 3.03. The van der Waals surface area contributed by atoms with E-state index in [4.69, 9.17) is 4.98 Å². The van der Waals surface area contributed by atoms with Crippen molar-refractivity contribution in [2.24, 2.45) is 0 Å². The molecule has 27 heavy (non-hydrogen) atoms. The summed E-state index contributed by atoms with van der Waals surface area (Å²) in [6.45, 7) is 6.25. The first-order valence-corrected chi connectivity index (χ1v) is 9.06. The first kappa shape index (κ1) is 18.6. The normalized spacial score (nSPS) is 11.2. The molecule has 0 amide bonds. The Morgan fingerprint density at radius 3 is 2.44 bits per heavy atom. The summed E-state index contributed by atoms with van der Waals surface area (Å²) in [7, 11) is 0.